The van der Waals surface area contributed by atoms with E-state index in [0.717, 1.165) is 22.5 Å². The maximum Gasteiger partial charge on any atom is 0.249 e. The van der Waals surface area contributed by atoms with Gasteiger partial charge in [-0.25, -0.2) is 17.2 Å². The summed E-state index contributed by atoms with van der Waals surface area (Å²) in [5.74, 6) is -2.16. The zero-order chi connectivity index (χ0) is 15.6. The van der Waals surface area contributed by atoms with Gasteiger partial charge in [0.2, 0.25) is 10.0 Å². The molecule has 116 valence electrons. The highest BCUT2D eigenvalue weighted by atomic mass is 32.2. The van der Waals surface area contributed by atoms with Crippen LogP contribution in [0.4, 0.5) is 8.78 Å². The molecule has 1 aliphatic heterocycles. The Kier molecular flexibility index (Phi) is 4.74. The van der Waals surface area contributed by atoms with Crippen molar-refractivity contribution >= 4 is 27.4 Å². The van der Waals surface area contributed by atoms with Crippen LogP contribution in [-0.4, -0.2) is 56.0 Å². The topological polar surface area (TPSA) is 52.6 Å². The Morgan fingerprint density at radius 2 is 1.71 bits per heavy atom. The van der Waals surface area contributed by atoms with Gasteiger partial charge in [-0.3, -0.25) is 0 Å². The van der Waals surface area contributed by atoms with E-state index in [4.69, 9.17) is 12.2 Å². The van der Waals surface area contributed by atoms with E-state index >= 15 is 0 Å². The van der Waals surface area contributed by atoms with Crippen molar-refractivity contribution in [2.75, 3.05) is 33.2 Å². The SMILES string of the molecule is CNC(=S)N1CCN(S(=O)(=O)c2c(F)cccc2F)CC1. The van der Waals surface area contributed by atoms with Crippen molar-refractivity contribution in [2.45, 2.75) is 4.90 Å². The molecular formula is C12H15F2N3O2S2. The Labute approximate surface area is 127 Å². The molecule has 1 aliphatic rings. The van der Waals surface area contributed by atoms with Crippen molar-refractivity contribution in [1.82, 2.24) is 14.5 Å². The standard InChI is InChI=1S/C12H15F2N3O2S2/c1-15-12(20)16-5-7-17(8-6-16)21(18,19)11-9(13)3-2-4-10(11)14/h2-4H,5-8H2,1H3,(H,15,20). The Hall–Kier alpha value is -1.32. The largest absolute Gasteiger partial charge is 0.366 e. The third-order valence-electron chi connectivity index (χ3n) is 3.26. The Morgan fingerprint density at radius 3 is 2.19 bits per heavy atom. The van der Waals surface area contributed by atoms with Crippen molar-refractivity contribution in [3.63, 3.8) is 0 Å². The molecule has 0 unspecified atom stereocenters. The van der Waals surface area contributed by atoms with E-state index in [1.54, 1.807) is 11.9 Å². The van der Waals surface area contributed by atoms with Crippen molar-refractivity contribution < 1.29 is 17.2 Å². The second-order valence-electron chi connectivity index (χ2n) is 4.50. The molecule has 1 heterocycles. The lowest BCUT2D eigenvalue weighted by molar-refractivity contribution is 0.263. The molecule has 1 N–H and O–H groups in total. The molecule has 0 bridgehead atoms. The summed E-state index contributed by atoms with van der Waals surface area (Å²) in [4.78, 5) is 0.911. The number of halogens is 2. The second-order valence-corrected chi connectivity index (χ2v) is 6.76. The monoisotopic (exact) mass is 335 g/mol. The fourth-order valence-corrected chi connectivity index (χ4v) is 3.86. The predicted octanol–water partition coefficient (Wildman–Crippen LogP) is 0.775. The number of hydrogen-bond donors (Lipinski definition) is 1. The van der Waals surface area contributed by atoms with Crippen LogP contribution in [0.3, 0.4) is 0 Å². The molecule has 0 aliphatic carbocycles. The van der Waals surface area contributed by atoms with Gasteiger partial charge >= 0.3 is 0 Å². The third kappa shape index (κ3) is 3.14. The van der Waals surface area contributed by atoms with Crippen LogP contribution in [0.1, 0.15) is 0 Å². The van der Waals surface area contributed by atoms with E-state index in [2.05, 4.69) is 5.32 Å². The Morgan fingerprint density at radius 1 is 1.19 bits per heavy atom. The molecule has 1 fully saturated rings. The van der Waals surface area contributed by atoms with Crippen molar-refractivity contribution in [1.29, 1.82) is 0 Å². The highest BCUT2D eigenvalue weighted by Gasteiger charge is 2.33. The van der Waals surface area contributed by atoms with Gasteiger partial charge in [0.25, 0.3) is 0 Å². The summed E-state index contributed by atoms with van der Waals surface area (Å²) in [6.07, 6.45) is 0. The highest BCUT2D eigenvalue weighted by Crippen LogP contribution is 2.23. The predicted molar refractivity (Wildman–Crippen MR) is 78.3 cm³/mol. The number of nitrogens with zero attached hydrogens (tertiary/aromatic N) is 2. The normalized spacial score (nSPS) is 16.8. The lowest BCUT2D eigenvalue weighted by atomic mass is 10.3. The van der Waals surface area contributed by atoms with E-state index in [1.807, 2.05) is 0 Å². The Balaban J connectivity index is 2.21. The number of thiocarbonyl (C=S) groups is 1. The van der Waals surface area contributed by atoms with Gasteiger partial charge in [-0.1, -0.05) is 6.07 Å². The molecule has 1 aromatic carbocycles. The van der Waals surface area contributed by atoms with E-state index in [9.17, 15) is 17.2 Å². The number of benzene rings is 1. The van der Waals surface area contributed by atoms with Crippen molar-refractivity contribution in [2.24, 2.45) is 0 Å². The summed E-state index contributed by atoms with van der Waals surface area (Å²) in [6.45, 7) is 0.986. The average Bonchev–Trinajstić information content (AvgIpc) is 2.46. The first-order valence-corrected chi connectivity index (χ1v) is 8.13. The molecule has 9 heteroatoms. The fourth-order valence-electron chi connectivity index (χ4n) is 2.15. The molecule has 1 aromatic rings. The minimum Gasteiger partial charge on any atom is -0.366 e. The quantitative estimate of drug-likeness (QED) is 0.810. The van der Waals surface area contributed by atoms with Crippen LogP contribution in [0.25, 0.3) is 0 Å². The molecule has 0 spiro atoms. The van der Waals surface area contributed by atoms with Crippen LogP contribution in [0.2, 0.25) is 0 Å². The zero-order valence-electron chi connectivity index (χ0n) is 11.3. The molecule has 0 saturated carbocycles. The smallest absolute Gasteiger partial charge is 0.249 e. The molecule has 21 heavy (non-hydrogen) atoms. The highest BCUT2D eigenvalue weighted by molar-refractivity contribution is 7.89. The summed E-state index contributed by atoms with van der Waals surface area (Å²) in [5.41, 5.74) is 0. The summed E-state index contributed by atoms with van der Waals surface area (Å²) in [7, 11) is -2.51. The van der Waals surface area contributed by atoms with Crippen molar-refractivity contribution in [3.05, 3.63) is 29.8 Å². The van der Waals surface area contributed by atoms with Crippen LogP contribution in [-0.2, 0) is 10.0 Å². The van der Waals surface area contributed by atoms with Crippen LogP contribution in [0.15, 0.2) is 23.1 Å². The second kappa shape index (κ2) is 6.20. The first-order valence-electron chi connectivity index (χ1n) is 6.28. The van der Waals surface area contributed by atoms with E-state index < -0.39 is 26.6 Å². The van der Waals surface area contributed by atoms with Gasteiger partial charge in [0, 0.05) is 33.2 Å². The van der Waals surface area contributed by atoms with Gasteiger partial charge < -0.3 is 10.2 Å². The number of nitrogens with one attached hydrogen (secondary N) is 1. The lowest BCUT2D eigenvalue weighted by Crippen LogP contribution is -2.52. The van der Waals surface area contributed by atoms with Crippen LogP contribution in [0, 0.1) is 11.6 Å². The number of rotatable bonds is 2. The van der Waals surface area contributed by atoms with Gasteiger partial charge in [0.05, 0.1) is 0 Å². The summed E-state index contributed by atoms with van der Waals surface area (Å²) < 4.78 is 53.1. The molecule has 5 nitrogen and oxygen atoms in total. The molecular weight excluding hydrogens is 320 g/mol. The summed E-state index contributed by atoms with van der Waals surface area (Å²) in [5, 5.41) is 3.33. The maximum absolute atomic E-state index is 13.7. The lowest BCUT2D eigenvalue weighted by Gasteiger charge is -2.35. The maximum atomic E-state index is 13.7. The Bertz CT molecular complexity index is 624. The zero-order valence-corrected chi connectivity index (χ0v) is 13.0. The fraction of sp³-hybridized carbons (Fsp3) is 0.417. The van der Waals surface area contributed by atoms with E-state index in [1.165, 1.54) is 0 Å². The van der Waals surface area contributed by atoms with Crippen LogP contribution >= 0.6 is 12.2 Å². The van der Waals surface area contributed by atoms with Gasteiger partial charge in [-0.2, -0.15) is 4.31 Å². The minimum absolute atomic E-state index is 0.123. The molecule has 0 atom stereocenters. The molecule has 2 rings (SSSR count). The van der Waals surface area contributed by atoms with Crippen molar-refractivity contribution in [3.8, 4) is 0 Å². The molecule has 0 amide bonds. The first-order chi connectivity index (χ1) is 9.87. The summed E-state index contributed by atoms with van der Waals surface area (Å²) in [6, 6.07) is 3.00. The molecule has 0 radical (unpaired) electrons. The third-order valence-corrected chi connectivity index (χ3v) is 5.67. The van der Waals surface area contributed by atoms with Gasteiger partial charge in [0.1, 0.15) is 11.6 Å². The molecule has 1 saturated heterocycles. The number of sulfonamides is 1. The summed E-state index contributed by atoms with van der Waals surface area (Å²) >= 11 is 5.07. The van der Waals surface area contributed by atoms with Gasteiger partial charge in [0.15, 0.2) is 10.0 Å². The van der Waals surface area contributed by atoms with Gasteiger partial charge in [-0.05, 0) is 24.4 Å². The average molecular weight is 335 g/mol. The minimum atomic E-state index is -4.19. The van der Waals surface area contributed by atoms with Gasteiger partial charge in [-0.15, -0.1) is 0 Å². The van der Waals surface area contributed by atoms with Crippen LogP contribution in [0.5, 0.6) is 0 Å². The van der Waals surface area contributed by atoms with E-state index in [0.29, 0.717) is 18.2 Å². The molecule has 0 aromatic heterocycles. The number of hydrogen-bond acceptors (Lipinski definition) is 3. The number of piperazine rings is 1. The first kappa shape index (κ1) is 16.1. The van der Waals surface area contributed by atoms with Crippen LogP contribution < -0.4 is 5.32 Å². The van der Waals surface area contributed by atoms with E-state index in [-0.39, 0.29) is 13.1 Å².